The Bertz CT molecular complexity index is 1210. The first-order valence-corrected chi connectivity index (χ1v) is 12.6. The van der Waals surface area contributed by atoms with Crippen LogP contribution < -0.4 is 9.62 Å². The summed E-state index contributed by atoms with van der Waals surface area (Å²) in [5, 5.41) is 12.3. The van der Waals surface area contributed by atoms with E-state index in [-0.39, 0.29) is 17.0 Å². The molecular formula is C22H23ClN4O3S2. The number of para-hydroxylation sites is 1. The Hall–Kier alpha value is -2.75. The fourth-order valence-corrected chi connectivity index (χ4v) is 5.49. The predicted octanol–water partition coefficient (Wildman–Crippen LogP) is 5.17. The van der Waals surface area contributed by atoms with Gasteiger partial charge in [0, 0.05) is 12.0 Å². The molecule has 7 nitrogen and oxygen atoms in total. The molecule has 1 aromatic heterocycles. The number of amides is 1. The smallest absolute Gasteiger partial charge is 0.264 e. The molecule has 32 heavy (non-hydrogen) atoms. The van der Waals surface area contributed by atoms with Gasteiger partial charge in [-0.15, -0.1) is 16.8 Å². The van der Waals surface area contributed by atoms with Gasteiger partial charge in [-0.2, -0.15) is 0 Å². The summed E-state index contributed by atoms with van der Waals surface area (Å²) in [7, 11) is -4.00. The molecule has 3 rings (SSSR count). The van der Waals surface area contributed by atoms with Crippen molar-refractivity contribution in [1.29, 1.82) is 0 Å². The van der Waals surface area contributed by atoms with E-state index in [1.807, 2.05) is 0 Å². The van der Waals surface area contributed by atoms with Crippen molar-refractivity contribution in [3.63, 3.8) is 0 Å². The second kappa shape index (κ2) is 10.7. The highest BCUT2D eigenvalue weighted by Crippen LogP contribution is 2.30. The van der Waals surface area contributed by atoms with Crippen molar-refractivity contribution in [3.05, 3.63) is 76.8 Å². The molecule has 0 radical (unpaired) electrons. The predicted molar refractivity (Wildman–Crippen MR) is 129 cm³/mol. The first-order chi connectivity index (χ1) is 15.4. The molecule has 10 heteroatoms. The standard InChI is InChI=1S/C22H23ClN4O3S2/c1-3-5-13-20-25-26-22(31-20)24-21(28)16-9-8-10-17(15-16)32(29,30)27(14-4-2)19-12-7-6-11-18(19)23/h4,6-12,15H,2-3,5,13-14H2,1H3,(H,24,26,28). The Balaban J connectivity index is 1.86. The van der Waals surface area contributed by atoms with Gasteiger partial charge in [0.1, 0.15) is 5.01 Å². The van der Waals surface area contributed by atoms with Gasteiger partial charge < -0.3 is 0 Å². The van der Waals surface area contributed by atoms with E-state index in [0.717, 1.165) is 28.6 Å². The van der Waals surface area contributed by atoms with Crippen LogP contribution in [0.5, 0.6) is 0 Å². The number of benzene rings is 2. The number of aromatic nitrogens is 2. The van der Waals surface area contributed by atoms with Crippen molar-refractivity contribution < 1.29 is 13.2 Å². The van der Waals surface area contributed by atoms with Crippen molar-refractivity contribution >= 4 is 49.7 Å². The quantitative estimate of drug-likeness (QED) is 0.396. The van der Waals surface area contributed by atoms with Crippen LogP contribution in [-0.2, 0) is 16.4 Å². The lowest BCUT2D eigenvalue weighted by Crippen LogP contribution is -2.31. The summed E-state index contributed by atoms with van der Waals surface area (Å²) in [4.78, 5) is 12.7. The number of unbranched alkanes of at least 4 members (excludes halogenated alkanes) is 1. The Labute approximate surface area is 196 Å². The molecule has 2 aromatic carbocycles. The fourth-order valence-electron chi connectivity index (χ4n) is 2.92. The van der Waals surface area contributed by atoms with Crippen LogP contribution in [0.3, 0.4) is 0 Å². The van der Waals surface area contributed by atoms with Crippen LogP contribution in [0.25, 0.3) is 0 Å². The zero-order valence-electron chi connectivity index (χ0n) is 17.5. The molecular weight excluding hydrogens is 468 g/mol. The second-order valence-corrected chi connectivity index (χ2v) is 10.2. The minimum absolute atomic E-state index is 0.0216. The molecule has 0 aliphatic rings. The van der Waals surface area contributed by atoms with E-state index in [0.29, 0.717) is 15.8 Å². The molecule has 168 valence electrons. The van der Waals surface area contributed by atoms with Crippen LogP contribution in [0, 0.1) is 0 Å². The van der Waals surface area contributed by atoms with Gasteiger partial charge in [-0.25, -0.2) is 8.42 Å². The summed E-state index contributed by atoms with van der Waals surface area (Å²) < 4.78 is 27.9. The molecule has 0 spiro atoms. The minimum atomic E-state index is -4.00. The Morgan fingerprint density at radius 1 is 1.22 bits per heavy atom. The number of hydrogen-bond acceptors (Lipinski definition) is 6. The van der Waals surface area contributed by atoms with Gasteiger partial charge in [0.05, 0.1) is 22.2 Å². The summed E-state index contributed by atoms with van der Waals surface area (Å²) >= 11 is 7.55. The van der Waals surface area contributed by atoms with Crippen LogP contribution in [0.2, 0.25) is 5.02 Å². The summed E-state index contributed by atoms with van der Waals surface area (Å²) in [6.45, 7) is 5.76. The average molecular weight is 491 g/mol. The largest absolute Gasteiger partial charge is 0.296 e. The molecule has 0 saturated heterocycles. The van der Waals surface area contributed by atoms with Gasteiger partial charge in [0.15, 0.2) is 0 Å². The van der Waals surface area contributed by atoms with E-state index in [9.17, 15) is 13.2 Å². The van der Waals surface area contributed by atoms with Crippen LogP contribution in [-0.4, -0.2) is 31.1 Å². The van der Waals surface area contributed by atoms with Gasteiger partial charge >= 0.3 is 0 Å². The Morgan fingerprint density at radius 3 is 2.72 bits per heavy atom. The van der Waals surface area contributed by atoms with Crippen molar-refractivity contribution in [2.24, 2.45) is 0 Å². The van der Waals surface area contributed by atoms with E-state index >= 15 is 0 Å². The summed E-state index contributed by atoms with van der Waals surface area (Å²) in [5.41, 5.74) is 0.520. The zero-order chi connectivity index (χ0) is 23.1. The number of carbonyl (C=O) groups excluding carboxylic acids is 1. The average Bonchev–Trinajstić information content (AvgIpc) is 3.23. The van der Waals surface area contributed by atoms with E-state index < -0.39 is 15.9 Å². The summed E-state index contributed by atoms with van der Waals surface area (Å²) in [5.74, 6) is -0.465. The van der Waals surface area contributed by atoms with Crippen molar-refractivity contribution in [2.45, 2.75) is 31.1 Å². The fraction of sp³-hybridized carbons (Fsp3) is 0.227. The number of anilines is 2. The van der Waals surface area contributed by atoms with Crippen molar-refractivity contribution in [1.82, 2.24) is 10.2 Å². The molecule has 0 atom stereocenters. The van der Waals surface area contributed by atoms with Gasteiger partial charge in [0.25, 0.3) is 15.9 Å². The van der Waals surface area contributed by atoms with Gasteiger partial charge in [0.2, 0.25) is 5.13 Å². The second-order valence-electron chi connectivity index (χ2n) is 6.86. The first-order valence-electron chi connectivity index (χ1n) is 9.98. The van der Waals surface area contributed by atoms with E-state index in [4.69, 9.17) is 11.6 Å². The van der Waals surface area contributed by atoms with Crippen LogP contribution in [0.4, 0.5) is 10.8 Å². The number of sulfonamides is 1. The number of carbonyl (C=O) groups is 1. The number of hydrogen-bond donors (Lipinski definition) is 1. The highest BCUT2D eigenvalue weighted by atomic mass is 35.5. The molecule has 0 saturated carbocycles. The third-order valence-electron chi connectivity index (χ3n) is 4.53. The molecule has 0 unspecified atom stereocenters. The molecule has 0 aliphatic heterocycles. The molecule has 0 bridgehead atoms. The van der Waals surface area contributed by atoms with Crippen LogP contribution >= 0.6 is 22.9 Å². The maximum absolute atomic E-state index is 13.4. The molecule has 1 amide bonds. The maximum Gasteiger partial charge on any atom is 0.264 e. The van der Waals surface area contributed by atoms with E-state index in [2.05, 4.69) is 29.0 Å². The van der Waals surface area contributed by atoms with Crippen LogP contribution in [0.15, 0.2) is 66.1 Å². The lowest BCUT2D eigenvalue weighted by atomic mass is 10.2. The molecule has 0 fully saturated rings. The zero-order valence-corrected chi connectivity index (χ0v) is 19.9. The lowest BCUT2D eigenvalue weighted by molar-refractivity contribution is 0.102. The highest BCUT2D eigenvalue weighted by Gasteiger charge is 2.26. The Morgan fingerprint density at radius 2 is 2.00 bits per heavy atom. The van der Waals surface area contributed by atoms with E-state index in [1.54, 1.807) is 30.3 Å². The summed E-state index contributed by atoms with van der Waals surface area (Å²) in [6, 6.07) is 12.5. The minimum Gasteiger partial charge on any atom is -0.296 e. The summed E-state index contributed by atoms with van der Waals surface area (Å²) in [6.07, 6.45) is 4.32. The molecule has 1 heterocycles. The number of nitrogens with one attached hydrogen (secondary N) is 1. The first kappa shape index (κ1) is 23.9. The van der Waals surface area contributed by atoms with Crippen LogP contribution in [0.1, 0.15) is 35.1 Å². The SMILES string of the molecule is C=CCN(c1ccccc1Cl)S(=O)(=O)c1cccc(C(=O)Nc2nnc(CCCC)s2)c1. The third kappa shape index (κ3) is 5.53. The monoisotopic (exact) mass is 490 g/mol. The number of aryl methyl sites for hydroxylation is 1. The topological polar surface area (TPSA) is 92.3 Å². The number of nitrogens with zero attached hydrogens (tertiary/aromatic N) is 3. The lowest BCUT2D eigenvalue weighted by Gasteiger charge is -2.24. The molecule has 0 aliphatic carbocycles. The number of rotatable bonds is 10. The van der Waals surface area contributed by atoms with Gasteiger partial charge in [-0.05, 0) is 36.8 Å². The highest BCUT2D eigenvalue weighted by molar-refractivity contribution is 7.92. The number of halogens is 1. The molecule has 1 N–H and O–H groups in total. The van der Waals surface area contributed by atoms with Crippen molar-refractivity contribution in [2.75, 3.05) is 16.2 Å². The molecule has 3 aromatic rings. The van der Waals surface area contributed by atoms with E-state index in [1.165, 1.54) is 35.6 Å². The maximum atomic E-state index is 13.4. The van der Waals surface area contributed by atoms with Crippen molar-refractivity contribution in [3.8, 4) is 0 Å². The normalized spacial score (nSPS) is 11.2. The Kier molecular flexibility index (Phi) is 8.00. The van der Waals surface area contributed by atoms with Gasteiger partial charge in [-0.3, -0.25) is 14.4 Å². The van der Waals surface area contributed by atoms with Gasteiger partial charge in [-0.1, -0.05) is 60.6 Å². The third-order valence-corrected chi connectivity index (χ3v) is 7.53.